The van der Waals surface area contributed by atoms with Gasteiger partial charge in [-0.3, -0.25) is 0 Å². The van der Waals surface area contributed by atoms with Crippen LogP contribution in [0.1, 0.15) is 25.7 Å². The highest BCUT2D eigenvalue weighted by atomic mass is 16.2. The molecule has 2 heterocycles. The first-order chi connectivity index (χ1) is 9.65. The Labute approximate surface area is 120 Å². The summed E-state index contributed by atoms with van der Waals surface area (Å²) in [5, 5.41) is 12.0. The van der Waals surface area contributed by atoms with Crippen LogP contribution in [0.5, 0.6) is 0 Å². The zero-order valence-corrected chi connectivity index (χ0v) is 12.5. The summed E-state index contributed by atoms with van der Waals surface area (Å²) in [4.78, 5) is 17.5. The molecule has 1 aliphatic heterocycles. The lowest BCUT2D eigenvalue weighted by Gasteiger charge is -2.25. The van der Waals surface area contributed by atoms with Gasteiger partial charge in [-0.15, -0.1) is 0 Å². The Morgan fingerprint density at radius 3 is 2.80 bits per heavy atom. The summed E-state index contributed by atoms with van der Waals surface area (Å²) < 4.78 is 0. The molecule has 1 aromatic heterocycles. The quantitative estimate of drug-likeness (QED) is 0.795. The minimum Gasteiger partial charge on any atom is -0.396 e. The van der Waals surface area contributed by atoms with Gasteiger partial charge in [0.1, 0.15) is 0 Å². The van der Waals surface area contributed by atoms with Gasteiger partial charge in [-0.05, 0) is 25.7 Å². The fraction of sp³-hybridized carbons (Fsp3) is 0.769. The molecule has 1 saturated heterocycles. The van der Waals surface area contributed by atoms with E-state index in [1.54, 1.807) is 0 Å². The summed E-state index contributed by atoms with van der Waals surface area (Å²) >= 11 is 0. The molecule has 0 aliphatic carbocycles. The van der Waals surface area contributed by atoms with Crippen LogP contribution in [0.15, 0.2) is 0 Å². The molecule has 112 valence electrons. The topological polar surface area (TPSA) is 77.4 Å². The number of nitrogens with one attached hydrogen (secondary N) is 1. The van der Waals surface area contributed by atoms with Gasteiger partial charge < -0.3 is 20.2 Å². The summed E-state index contributed by atoms with van der Waals surface area (Å²) in [6, 6.07) is 0.421. The smallest absolute Gasteiger partial charge is 0.232 e. The number of nitrogens with zero attached hydrogens (tertiary/aromatic N) is 5. The largest absolute Gasteiger partial charge is 0.396 e. The first kappa shape index (κ1) is 14.8. The average molecular weight is 280 g/mol. The van der Waals surface area contributed by atoms with Crippen LogP contribution in [-0.4, -0.2) is 60.4 Å². The van der Waals surface area contributed by atoms with E-state index in [0.717, 1.165) is 38.2 Å². The Kier molecular flexibility index (Phi) is 4.94. The minimum atomic E-state index is 0.242. The molecule has 1 fully saturated rings. The second-order valence-electron chi connectivity index (χ2n) is 5.26. The summed E-state index contributed by atoms with van der Waals surface area (Å²) in [6.45, 7) is 1.21. The standard InChI is InChI=1S/C13H24N6O/c1-14-11-15-12(18(2)3)17-13(16-11)19-8-4-6-10(19)7-5-9-20/h10,20H,4-9H2,1-3H3,(H,14,15,16,17). The molecular formula is C13H24N6O. The molecule has 1 aliphatic rings. The number of aliphatic hydroxyl groups is 1. The van der Waals surface area contributed by atoms with Gasteiger partial charge in [-0.2, -0.15) is 15.0 Å². The zero-order chi connectivity index (χ0) is 14.5. The third kappa shape index (κ3) is 3.27. The van der Waals surface area contributed by atoms with E-state index in [-0.39, 0.29) is 6.61 Å². The first-order valence-electron chi connectivity index (χ1n) is 7.14. The molecule has 7 heteroatoms. The van der Waals surface area contributed by atoms with Gasteiger partial charge in [-0.1, -0.05) is 0 Å². The van der Waals surface area contributed by atoms with Crippen LogP contribution in [0.2, 0.25) is 0 Å². The minimum absolute atomic E-state index is 0.242. The number of hydrogen-bond donors (Lipinski definition) is 2. The van der Waals surface area contributed by atoms with Crippen molar-refractivity contribution in [1.82, 2.24) is 15.0 Å². The van der Waals surface area contributed by atoms with Crippen molar-refractivity contribution in [3.05, 3.63) is 0 Å². The van der Waals surface area contributed by atoms with E-state index in [1.165, 1.54) is 0 Å². The van der Waals surface area contributed by atoms with Crippen molar-refractivity contribution in [3.8, 4) is 0 Å². The molecule has 20 heavy (non-hydrogen) atoms. The van der Waals surface area contributed by atoms with E-state index in [9.17, 15) is 0 Å². The molecular weight excluding hydrogens is 256 g/mol. The van der Waals surface area contributed by atoms with Crippen molar-refractivity contribution in [2.45, 2.75) is 31.7 Å². The monoisotopic (exact) mass is 280 g/mol. The van der Waals surface area contributed by atoms with E-state index < -0.39 is 0 Å². The highest BCUT2D eigenvalue weighted by Gasteiger charge is 2.27. The van der Waals surface area contributed by atoms with Crippen LogP contribution in [0, 0.1) is 0 Å². The van der Waals surface area contributed by atoms with Crippen LogP contribution < -0.4 is 15.1 Å². The SMILES string of the molecule is CNc1nc(N(C)C)nc(N2CCCC2CCCO)n1. The Hall–Kier alpha value is -1.63. The zero-order valence-electron chi connectivity index (χ0n) is 12.5. The molecule has 1 atom stereocenters. The highest BCUT2D eigenvalue weighted by Crippen LogP contribution is 2.26. The maximum atomic E-state index is 9.01. The van der Waals surface area contributed by atoms with Crippen LogP contribution in [0.25, 0.3) is 0 Å². The van der Waals surface area contributed by atoms with E-state index >= 15 is 0 Å². The number of aromatic nitrogens is 3. The third-order valence-electron chi connectivity index (χ3n) is 3.56. The summed E-state index contributed by atoms with van der Waals surface area (Å²) in [7, 11) is 5.66. The molecule has 2 rings (SSSR count). The predicted molar refractivity (Wildman–Crippen MR) is 80.4 cm³/mol. The van der Waals surface area contributed by atoms with Crippen molar-refractivity contribution < 1.29 is 5.11 Å². The third-order valence-corrected chi connectivity index (χ3v) is 3.56. The second kappa shape index (κ2) is 6.69. The van der Waals surface area contributed by atoms with Crippen LogP contribution in [-0.2, 0) is 0 Å². The summed E-state index contributed by atoms with van der Waals surface area (Å²) in [5.41, 5.74) is 0. The summed E-state index contributed by atoms with van der Waals surface area (Å²) in [6.07, 6.45) is 4.09. The van der Waals surface area contributed by atoms with Gasteiger partial charge in [0.25, 0.3) is 0 Å². The van der Waals surface area contributed by atoms with E-state index in [0.29, 0.717) is 17.9 Å². The van der Waals surface area contributed by atoms with E-state index in [4.69, 9.17) is 5.11 Å². The van der Waals surface area contributed by atoms with E-state index in [1.807, 2.05) is 26.0 Å². The lowest BCUT2D eigenvalue weighted by atomic mass is 10.1. The lowest BCUT2D eigenvalue weighted by molar-refractivity contribution is 0.279. The van der Waals surface area contributed by atoms with E-state index in [2.05, 4.69) is 25.2 Å². The highest BCUT2D eigenvalue weighted by molar-refractivity contribution is 5.45. The molecule has 0 bridgehead atoms. The van der Waals surface area contributed by atoms with Crippen molar-refractivity contribution in [1.29, 1.82) is 0 Å². The molecule has 0 spiro atoms. The fourth-order valence-electron chi connectivity index (χ4n) is 2.52. The molecule has 0 aromatic carbocycles. The molecule has 0 amide bonds. The Bertz CT molecular complexity index is 439. The van der Waals surface area contributed by atoms with Crippen LogP contribution in [0.3, 0.4) is 0 Å². The maximum absolute atomic E-state index is 9.01. The normalized spacial score (nSPS) is 18.4. The van der Waals surface area contributed by atoms with Crippen LogP contribution >= 0.6 is 0 Å². The van der Waals surface area contributed by atoms with Gasteiger partial charge in [0, 0.05) is 40.3 Å². The number of aliphatic hydroxyl groups excluding tert-OH is 1. The Morgan fingerprint density at radius 1 is 1.35 bits per heavy atom. The van der Waals surface area contributed by atoms with Crippen molar-refractivity contribution in [2.24, 2.45) is 0 Å². The predicted octanol–water partition coefficient (Wildman–Crippen LogP) is 0.721. The fourth-order valence-corrected chi connectivity index (χ4v) is 2.52. The summed E-state index contributed by atoms with van der Waals surface area (Å²) in [5.74, 6) is 1.98. The van der Waals surface area contributed by atoms with Crippen molar-refractivity contribution in [2.75, 3.05) is 49.4 Å². The number of rotatable bonds is 6. The van der Waals surface area contributed by atoms with Gasteiger partial charge in [0.15, 0.2) is 0 Å². The second-order valence-corrected chi connectivity index (χ2v) is 5.26. The molecule has 7 nitrogen and oxygen atoms in total. The molecule has 0 radical (unpaired) electrons. The van der Waals surface area contributed by atoms with Gasteiger partial charge in [0.2, 0.25) is 17.8 Å². The molecule has 2 N–H and O–H groups in total. The molecule has 1 aromatic rings. The van der Waals surface area contributed by atoms with Gasteiger partial charge in [-0.25, -0.2) is 0 Å². The lowest BCUT2D eigenvalue weighted by Crippen LogP contribution is -2.32. The molecule has 0 saturated carbocycles. The van der Waals surface area contributed by atoms with Gasteiger partial charge >= 0.3 is 0 Å². The maximum Gasteiger partial charge on any atom is 0.232 e. The average Bonchev–Trinajstić information content (AvgIpc) is 2.92. The Morgan fingerprint density at radius 2 is 2.15 bits per heavy atom. The number of anilines is 3. The van der Waals surface area contributed by atoms with Crippen LogP contribution in [0.4, 0.5) is 17.8 Å². The van der Waals surface area contributed by atoms with Gasteiger partial charge in [0.05, 0.1) is 0 Å². The molecule has 1 unspecified atom stereocenters. The van der Waals surface area contributed by atoms with Crippen molar-refractivity contribution in [3.63, 3.8) is 0 Å². The number of hydrogen-bond acceptors (Lipinski definition) is 7. The Balaban J connectivity index is 2.23. The first-order valence-corrected chi connectivity index (χ1v) is 7.14. The van der Waals surface area contributed by atoms with Crippen molar-refractivity contribution >= 4 is 17.8 Å².